The normalized spacial score (nSPS) is 11.2. The molecule has 0 radical (unpaired) electrons. The minimum Gasteiger partial charge on any atom is -0.383 e. The van der Waals surface area contributed by atoms with Crippen LogP contribution in [0.4, 0.5) is 4.39 Å². The summed E-state index contributed by atoms with van der Waals surface area (Å²) in [7, 11) is 1.68. The first-order valence-electron chi connectivity index (χ1n) is 8.84. The van der Waals surface area contributed by atoms with Gasteiger partial charge in [0.2, 0.25) is 0 Å². The molecule has 0 bridgehead atoms. The molecule has 0 saturated carbocycles. The van der Waals surface area contributed by atoms with E-state index < -0.39 is 0 Å². The molecule has 2 aromatic rings. The van der Waals surface area contributed by atoms with Gasteiger partial charge in [-0.25, -0.2) is 9.38 Å². The molecule has 8 heteroatoms. The van der Waals surface area contributed by atoms with Crippen LogP contribution < -0.4 is 10.6 Å². The number of benzene rings is 1. The van der Waals surface area contributed by atoms with E-state index in [1.165, 1.54) is 6.07 Å². The van der Waals surface area contributed by atoms with Gasteiger partial charge in [0.05, 0.1) is 25.4 Å². The lowest BCUT2D eigenvalue weighted by Crippen LogP contribution is -2.37. The van der Waals surface area contributed by atoms with Crippen LogP contribution in [0, 0.1) is 19.7 Å². The number of nitrogens with one attached hydrogen (secondary N) is 2. The first kappa shape index (κ1) is 23.4. The maximum Gasteiger partial charge on any atom is 0.191 e. The van der Waals surface area contributed by atoms with Crippen molar-refractivity contribution in [2.75, 3.05) is 20.3 Å². The zero-order valence-electron chi connectivity index (χ0n) is 16.4. The Morgan fingerprint density at radius 2 is 2.00 bits per heavy atom. The molecule has 0 aliphatic heterocycles. The van der Waals surface area contributed by atoms with Crippen molar-refractivity contribution >= 4 is 29.9 Å². The average molecular weight is 489 g/mol. The molecular formula is C19H29FIN5O. The van der Waals surface area contributed by atoms with Crippen LogP contribution in [0.15, 0.2) is 29.3 Å². The van der Waals surface area contributed by atoms with Crippen molar-refractivity contribution in [3.8, 4) is 0 Å². The fourth-order valence-corrected chi connectivity index (χ4v) is 2.69. The predicted octanol–water partition coefficient (Wildman–Crippen LogP) is 3.16. The molecule has 27 heavy (non-hydrogen) atoms. The molecule has 0 saturated heterocycles. The van der Waals surface area contributed by atoms with E-state index in [-0.39, 0.29) is 36.3 Å². The lowest BCUT2D eigenvalue weighted by molar-refractivity contribution is 0.182. The van der Waals surface area contributed by atoms with E-state index in [1.807, 2.05) is 24.6 Å². The van der Waals surface area contributed by atoms with Crippen molar-refractivity contribution in [2.45, 2.75) is 40.4 Å². The zero-order chi connectivity index (χ0) is 18.9. The topological polar surface area (TPSA) is 63.5 Å². The molecule has 0 spiro atoms. The van der Waals surface area contributed by atoms with Gasteiger partial charge in [-0.15, -0.1) is 24.0 Å². The highest BCUT2D eigenvalue weighted by Gasteiger charge is 2.12. The van der Waals surface area contributed by atoms with E-state index in [0.29, 0.717) is 24.7 Å². The lowest BCUT2D eigenvalue weighted by atomic mass is 10.2. The predicted molar refractivity (Wildman–Crippen MR) is 117 cm³/mol. The van der Waals surface area contributed by atoms with Gasteiger partial charge < -0.3 is 15.4 Å². The number of aromatic nitrogens is 2. The van der Waals surface area contributed by atoms with E-state index in [9.17, 15) is 4.39 Å². The summed E-state index contributed by atoms with van der Waals surface area (Å²) >= 11 is 0. The molecule has 2 rings (SSSR count). The number of methoxy groups -OCH3 is 1. The number of halogens is 2. The van der Waals surface area contributed by atoms with E-state index in [0.717, 1.165) is 30.0 Å². The van der Waals surface area contributed by atoms with Crippen molar-refractivity contribution in [1.82, 2.24) is 20.4 Å². The van der Waals surface area contributed by atoms with Crippen LogP contribution in [0.5, 0.6) is 0 Å². The van der Waals surface area contributed by atoms with Crippen molar-refractivity contribution in [3.63, 3.8) is 0 Å². The summed E-state index contributed by atoms with van der Waals surface area (Å²) in [6.07, 6.45) is 0. The van der Waals surface area contributed by atoms with E-state index in [2.05, 4.69) is 27.6 Å². The van der Waals surface area contributed by atoms with Crippen LogP contribution in [-0.4, -0.2) is 36.0 Å². The van der Waals surface area contributed by atoms with Crippen LogP contribution in [0.25, 0.3) is 0 Å². The van der Waals surface area contributed by atoms with E-state index in [4.69, 9.17) is 4.74 Å². The summed E-state index contributed by atoms with van der Waals surface area (Å²) in [5, 5.41) is 11.1. The molecule has 1 aromatic heterocycles. The third-order valence-corrected chi connectivity index (χ3v) is 4.18. The Bertz CT molecular complexity index is 748. The van der Waals surface area contributed by atoms with Crippen LogP contribution in [0.2, 0.25) is 0 Å². The highest BCUT2D eigenvalue weighted by Crippen LogP contribution is 2.13. The van der Waals surface area contributed by atoms with Gasteiger partial charge in [0.25, 0.3) is 0 Å². The minimum absolute atomic E-state index is 0. The third kappa shape index (κ3) is 6.76. The summed E-state index contributed by atoms with van der Waals surface area (Å²) in [4.78, 5) is 4.48. The van der Waals surface area contributed by atoms with E-state index in [1.54, 1.807) is 19.2 Å². The summed E-state index contributed by atoms with van der Waals surface area (Å²) in [6.45, 7) is 9.02. The standard InChI is InChI=1S/C19H28FN5O.HI/c1-5-21-19(22-12-16-8-6-7-9-18(16)20)23-13-17-14(2)24-25(15(17)3)10-11-26-4;/h6-9H,5,10-13H2,1-4H3,(H2,21,22,23);1H. The smallest absolute Gasteiger partial charge is 0.191 e. The first-order valence-corrected chi connectivity index (χ1v) is 8.84. The molecule has 0 aliphatic rings. The molecule has 0 aliphatic carbocycles. The third-order valence-electron chi connectivity index (χ3n) is 4.18. The molecule has 0 unspecified atom stereocenters. The molecule has 150 valence electrons. The minimum atomic E-state index is -0.238. The molecule has 1 heterocycles. The second-order valence-electron chi connectivity index (χ2n) is 6.01. The number of aryl methyl sites for hydroxylation is 1. The maximum absolute atomic E-state index is 13.8. The molecule has 0 fully saturated rings. The van der Waals surface area contributed by atoms with Gasteiger partial charge >= 0.3 is 0 Å². The second kappa shape index (κ2) is 11.9. The lowest BCUT2D eigenvalue weighted by Gasteiger charge is -2.12. The Morgan fingerprint density at radius 3 is 2.67 bits per heavy atom. The quantitative estimate of drug-likeness (QED) is 0.340. The monoisotopic (exact) mass is 489 g/mol. The van der Waals surface area contributed by atoms with Crippen molar-refractivity contribution in [1.29, 1.82) is 0 Å². The van der Waals surface area contributed by atoms with Crippen molar-refractivity contribution in [2.24, 2.45) is 4.99 Å². The number of ether oxygens (including phenoxy) is 1. The number of guanidine groups is 1. The van der Waals surface area contributed by atoms with Gasteiger partial charge in [-0.3, -0.25) is 4.68 Å². The Hall–Kier alpha value is -1.68. The Morgan fingerprint density at radius 1 is 1.26 bits per heavy atom. The Balaban J connectivity index is 0.00000364. The average Bonchev–Trinajstić information content (AvgIpc) is 2.90. The van der Waals surface area contributed by atoms with Gasteiger partial charge in [-0.2, -0.15) is 5.10 Å². The molecular weight excluding hydrogens is 460 g/mol. The van der Waals surface area contributed by atoms with Gasteiger partial charge in [-0.1, -0.05) is 18.2 Å². The summed E-state index contributed by atoms with van der Waals surface area (Å²) < 4.78 is 20.8. The van der Waals surface area contributed by atoms with Crippen LogP contribution in [0.1, 0.15) is 29.4 Å². The highest BCUT2D eigenvalue weighted by atomic mass is 127. The fraction of sp³-hybridized carbons (Fsp3) is 0.474. The Labute approximate surface area is 177 Å². The van der Waals surface area contributed by atoms with Crippen LogP contribution in [-0.2, 0) is 24.4 Å². The zero-order valence-corrected chi connectivity index (χ0v) is 18.7. The SMILES string of the molecule is CCNC(=NCc1ccccc1F)NCc1c(C)nn(CCOC)c1C.I. The summed E-state index contributed by atoms with van der Waals surface area (Å²) in [5.41, 5.74) is 3.80. The summed E-state index contributed by atoms with van der Waals surface area (Å²) in [6, 6.07) is 6.69. The van der Waals surface area contributed by atoms with Crippen molar-refractivity contribution < 1.29 is 9.13 Å². The fourth-order valence-electron chi connectivity index (χ4n) is 2.69. The van der Waals surface area contributed by atoms with E-state index >= 15 is 0 Å². The summed E-state index contributed by atoms with van der Waals surface area (Å²) in [5.74, 6) is 0.414. The van der Waals surface area contributed by atoms with Gasteiger partial charge in [-0.05, 0) is 26.8 Å². The molecule has 6 nitrogen and oxygen atoms in total. The Kier molecular flexibility index (Phi) is 10.3. The number of hydrogen-bond donors (Lipinski definition) is 2. The van der Waals surface area contributed by atoms with Gasteiger partial charge in [0.15, 0.2) is 5.96 Å². The number of hydrogen-bond acceptors (Lipinski definition) is 3. The van der Waals surface area contributed by atoms with Gasteiger partial charge in [0, 0.05) is 37.0 Å². The molecule has 1 aromatic carbocycles. The molecule has 0 amide bonds. The van der Waals surface area contributed by atoms with Gasteiger partial charge in [0.1, 0.15) is 5.82 Å². The molecule has 0 atom stereocenters. The number of nitrogens with zero attached hydrogens (tertiary/aromatic N) is 3. The molecule has 2 N–H and O–H groups in total. The largest absolute Gasteiger partial charge is 0.383 e. The van der Waals surface area contributed by atoms with Crippen LogP contribution >= 0.6 is 24.0 Å². The van der Waals surface area contributed by atoms with Crippen molar-refractivity contribution in [3.05, 3.63) is 52.6 Å². The first-order chi connectivity index (χ1) is 12.6. The second-order valence-corrected chi connectivity index (χ2v) is 6.01. The van der Waals surface area contributed by atoms with Crippen LogP contribution in [0.3, 0.4) is 0 Å². The number of aliphatic imine (C=N–C) groups is 1. The maximum atomic E-state index is 13.8. The highest BCUT2D eigenvalue weighted by molar-refractivity contribution is 14.0. The number of rotatable bonds is 8.